The van der Waals surface area contributed by atoms with E-state index in [1.807, 2.05) is 0 Å². The number of hydrogen-bond donors (Lipinski definition) is 1. The molecule has 0 aliphatic heterocycles. The van der Waals surface area contributed by atoms with Crippen LogP contribution in [-0.2, 0) is 12.0 Å². The van der Waals surface area contributed by atoms with E-state index in [1.165, 1.54) is 36.2 Å². The predicted molar refractivity (Wildman–Crippen MR) is 64.6 cm³/mol. The standard InChI is InChI=1S/C14H21NO/c1-10-9-11-12(5-3-6-13(11)16)15(10)14(2)7-4-8-14/h9,13,16H,3-8H2,1-2H3. The van der Waals surface area contributed by atoms with Crippen molar-refractivity contribution >= 4 is 0 Å². The van der Waals surface area contributed by atoms with Crippen LogP contribution in [0.15, 0.2) is 6.07 Å². The minimum atomic E-state index is -0.215. The Morgan fingerprint density at radius 2 is 2.12 bits per heavy atom. The van der Waals surface area contributed by atoms with Gasteiger partial charge < -0.3 is 9.67 Å². The average Bonchev–Trinajstić information content (AvgIpc) is 2.53. The lowest BCUT2D eigenvalue weighted by Crippen LogP contribution is -2.39. The molecule has 2 aliphatic rings. The van der Waals surface area contributed by atoms with Gasteiger partial charge in [-0.05, 0) is 58.4 Å². The maximum absolute atomic E-state index is 10.0. The maximum Gasteiger partial charge on any atom is 0.0807 e. The highest BCUT2D eigenvalue weighted by Crippen LogP contribution is 2.44. The molecule has 0 amide bonds. The van der Waals surface area contributed by atoms with E-state index in [2.05, 4.69) is 24.5 Å². The molecule has 3 rings (SSSR count). The SMILES string of the molecule is Cc1cc2c(n1C1(C)CCC1)CCCC2O. The number of rotatable bonds is 1. The van der Waals surface area contributed by atoms with Gasteiger partial charge in [0.25, 0.3) is 0 Å². The van der Waals surface area contributed by atoms with Crippen molar-refractivity contribution in [3.05, 3.63) is 23.0 Å². The van der Waals surface area contributed by atoms with Crippen LogP contribution in [0.5, 0.6) is 0 Å². The largest absolute Gasteiger partial charge is 0.388 e. The predicted octanol–water partition coefficient (Wildman–Crippen LogP) is 3.07. The van der Waals surface area contributed by atoms with Crippen LogP contribution in [0.4, 0.5) is 0 Å². The zero-order valence-corrected chi connectivity index (χ0v) is 10.3. The molecular weight excluding hydrogens is 198 g/mol. The summed E-state index contributed by atoms with van der Waals surface area (Å²) >= 11 is 0. The Hall–Kier alpha value is -0.760. The summed E-state index contributed by atoms with van der Waals surface area (Å²) in [6, 6.07) is 2.21. The monoisotopic (exact) mass is 219 g/mol. The van der Waals surface area contributed by atoms with Crippen LogP contribution in [-0.4, -0.2) is 9.67 Å². The molecule has 1 saturated carbocycles. The second-order valence-corrected chi connectivity index (χ2v) is 5.78. The van der Waals surface area contributed by atoms with Crippen molar-refractivity contribution in [2.45, 2.75) is 64.0 Å². The summed E-state index contributed by atoms with van der Waals surface area (Å²) < 4.78 is 2.52. The van der Waals surface area contributed by atoms with Crippen molar-refractivity contribution < 1.29 is 5.11 Å². The van der Waals surface area contributed by atoms with E-state index in [9.17, 15) is 5.11 Å². The number of aryl methyl sites for hydroxylation is 1. The maximum atomic E-state index is 10.0. The highest BCUT2D eigenvalue weighted by molar-refractivity contribution is 5.33. The molecule has 1 aromatic rings. The summed E-state index contributed by atoms with van der Waals surface area (Å²) in [5.74, 6) is 0. The zero-order chi connectivity index (χ0) is 11.3. The number of fused-ring (bicyclic) bond motifs is 1. The third-order valence-electron chi connectivity index (χ3n) is 4.54. The van der Waals surface area contributed by atoms with Gasteiger partial charge in [0.15, 0.2) is 0 Å². The normalized spacial score (nSPS) is 27.3. The van der Waals surface area contributed by atoms with Gasteiger partial charge in [0.1, 0.15) is 0 Å². The number of aliphatic hydroxyl groups excluding tert-OH is 1. The van der Waals surface area contributed by atoms with E-state index in [-0.39, 0.29) is 6.10 Å². The van der Waals surface area contributed by atoms with Crippen LogP contribution >= 0.6 is 0 Å². The minimum Gasteiger partial charge on any atom is -0.388 e. The molecule has 2 nitrogen and oxygen atoms in total. The van der Waals surface area contributed by atoms with E-state index >= 15 is 0 Å². The molecule has 2 aliphatic carbocycles. The first-order valence-corrected chi connectivity index (χ1v) is 6.51. The second kappa shape index (κ2) is 3.36. The summed E-state index contributed by atoms with van der Waals surface area (Å²) in [5, 5.41) is 10.0. The van der Waals surface area contributed by atoms with E-state index in [1.54, 1.807) is 0 Å². The third-order valence-corrected chi connectivity index (χ3v) is 4.54. The van der Waals surface area contributed by atoms with Gasteiger partial charge in [-0.15, -0.1) is 0 Å². The lowest BCUT2D eigenvalue weighted by molar-refractivity contribution is 0.141. The fraction of sp³-hybridized carbons (Fsp3) is 0.714. The molecule has 1 unspecified atom stereocenters. The molecule has 1 fully saturated rings. The first-order valence-electron chi connectivity index (χ1n) is 6.51. The van der Waals surface area contributed by atoms with Crippen molar-refractivity contribution in [2.24, 2.45) is 0 Å². The van der Waals surface area contributed by atoms with Gasteiger partial charge in [-0.1, -0.05) is 0 Å². The third kappa shape index (κ3) is 1.29. The van der Waals surface area contributed by atoms with Gasteiger partial charge >= 0.3 is 0 Å². The molecule has 16 heavy (non-hydrogen) atoms. The Bertz CT molecular complexity index is 415. The average molecular weight is 219 g/mol. The summed E-state index contributed by atoms with van der Waals surface area (Å²) in [7, 11) is 0. The molecule has 0 spiro atoms. The number of hydrogen-bond acceptors (Lipinski definition) is 1. The number of nitrogens with zero attached hydrogens (tertiary/aromatic N) is 1. The van der Waals surface area contributed by atoms with Gasteiger partial charge in [0, 0.05) is 22.5 Å². The van der Waals surface area contributed by atoms with E-state index in [0.29, 0.717) is 5.54 Å². The lowest BCUT2D eigenvalue weighted by Gasteiger charge is -2.43. The van der Waals surface area contributed by atoms with Gasteiger partial charge in [-0.25, -0.2) is 0 Å². The Morgan fingerprint density at radius 3 is 2.75 bits per heavy atom. The van der Waals surface area contributed by atoms with Crippen molar-refractivity contribution in [2.75, 3.05) is 0 Å². The smallest absolute Gasteiger partial charge is 0.0807 e. The molecular formula is C14H21NO. The van der Waals surface area contributed by atoms with Crippen LogP contribution < -0.4 is 0 Å². The van der Waals surface area contributed by atoms with Crippen molar-refractivity contribution in [1.82, 2.24) is 4.57 Å². The number of aromatic nitrogens is 1. The van der Waals surface area contributed by atoms with Crippen LogP contribution in [0.1, 0.15) is 62.1 Å². The fourth-order valence-corrected chi connectivity index (χ4v) is 3.54. The molecule has 2 heteroatoms. The molecule has 88 valence electrons. The first-order chi connectivity index (χ1) is 7.62. The first kappa shape index (κ1) is 10.4. The van der Waals surface area contributed by atoms with E-state index < -0.39 is 0 Å². The Balaban J connectivity index is 2.11. The molecule has 0 aromatic carbocycles. The van der Waals surface area contributed by atoms with Crippen LogP contribution in [0.2, 0.25) is 0 Å². The Labute approximate surface area is 97.3 Å². The number of aliphatic hydroxyl groups is 1. The van der Waals surface area contributed by atoms with Crippen molar-refractivity contribution in [1.29, 1.82) is 0 Å². The highest BCUT2D eigenvalue weighted by Gasteiger charge is 2.37. The van der Waals surface area contributed by atoms with E-state index in [0.717, 1.165) is 19.3 Å². The molecule has 1 aromatic heterocycles. The Kier molecular flexibility index (Phi) is 2.19. The summed E-state index contributed by atoms with van der Waals surface area (Å²) in [6.07, 6.45) is 6.95. The van der Waals surface area contributed by atoms with E-state index in [4.69, 9.17) is 0 Å². The second-order valence-electron chi connectivity index (χ2n) is 5.78. The molecule has 0 bridgehead atoms. The molecule has 0 radical (unpaired) electrons. The topological polar surface area (TPSA) is 25.2 Å². The van der Waals surface area contributed by atoms with Crippen LogP contribution in [0, 0.1) is 6.92 Å². The molecule has 1 heterocycles. The fourth-order valence-electron chi connectivity index (χ4n) is 3.54. The van der Waals surface area contributed by atoms with Crippen LogP contribution in [0.3, 0.4) is 0 Å². The van der Waals surface area contributed by atoms with Gasteiger partial charge in [-0.3, -0.25) is 0 Å². The van der Waals surface area contributed by atoms with Crippen LogP contribution in [0.25, 0.3) is 0 Å². The van der Waals surface area contributed by atoms with Gasteiger partial charge in [-0.2, -0.15) is 0 Å². The quantitative estimate of drug-likeness (QED) is 0.771. The summed E-state index contributed by atoms with van der Waals surface area (Å²) in [6.45, 7) is 4.55. The van der Waals surface area contributed by atoms with Gasteiger partial charge in [0.2, 0.25) is 0 Å². The van der Waals surface area contributed by atoms with Gasteiger partial charge in [0.05, 0.1) is 6.10 Å². The lowest BCUT2D eigenvalue weighted by atomic mass is 9.77. The summed E-state index contributed by atoms with van der Waals surface area (Å²) in [4.78, 5) is 0. The summed E-state index contributed by atoms with van der Waals surface area (Å²) in [5.41, 5.74) is 4.30. The molecule has 1 atom stereocenters. The molecule has 1 N–H and O–H groups in total. The minimum absolute atomic E-state index is 0.215. The molecule has 0 saturated heterocycles. The van der Waals surface area contributed by atoms with Crippen molar-refractivity contribution in [3.63, 3.8) is 0 Å². The highest BCUT2D eigenvalue weighted by atomic mass is 16.3. The zero-order valence-electron chi connectivity index (χ0n) is 10.3. The Morgan fingerprint density at radius 1 is 1.38 bits per heavy atom. The van der Waals surface area contributed by atoms with Crippen molar-refractivity contribution in [3.8, 4) is 0 Å².